The molecule has 0 atom stereocenters. The lowest BCUT2D eigenvalue weighted by molar-refractivity contribution is 1.07. The molecule has 1 aromatic heterocycles. The zero-order chi connectivity index (χ0) is 38.7. The summed E-state index contributed by atoms with van der Waals surface area (Å²) in [6.07, 6.45) is 0. The molecule has 4 nitrogen and oxygen atoms in total. The highest BCUT2D eigenvalue weighted by Crippen LogP contribution is 2.42. The van der Waals surface area contributed by atoms with Crippen LogP contribution in [0.5, 0.6) is 0 Å². The molecule has 0 amide bonds. The minimum Gasteiger partial charge on any atom is -0.310 e. The van der Waals surface area contributed by atoms with Crippen LogP contribution in [0.3, 0.4) is 0 Å². The number of benzene rings is 9. The zero-order valence-corrected chi connectivity index (χ0v) is 31.7. The molecule has 9 aromatic carbocycles. The number of hydrogen-bond donors (Lipinski definition) is 0. The van der Waals surface area contributed by atoms with Crippen molar-refractivity contribution in [3.63, 3.8) is 0 Å². The first-order valence-corrected chi connectivity index (χ1v) is 19.6. The Hall–Kier alpha value is -7.82. The van der Waals surface area contributed by atoms with Gasteiger partial charge in [0, 0.05) is 33.6 Å². The van der Waals surface area contributed by atoms with E-state index in [1.54, 1.807) is 0 Å². The Morgan fingerprint density at radius 2 is 0.741 bits per heavy atom. The zero-order valence-electron chi connectivity index (χ0n) is 31.7. The van der Waals surface area contributed by atoms with Crippen LogP contribution in [-0.4, -0.2) is 14.8 Å². The fourth-order valence-electron chi connectivity index (χ4n) is 8.00. The van der Waals surface area contributed by atoms with E-state index in [1.165, 1.54) is 33.0 Å². The van der Waals surface area contributed by atoms with E-state index in [-0.39, 0.29) is 0 Å². The molecule has 0 N–H and O–H groups in total. The first kappa shape index (κ1) is 34.7. The molecule has 0 radical (unpaired) electrons. The molecule has 0 aliphatic rings. The smallest absolute Gasteiger partial charge is 0.168 e. The van der Waals surface area contributed by atoms with Crippen molar-refractivity contribution >= 4 is 27.8 Å². The van der Waals surface area contributed by atoms with Crippen LogP contribution in [0, 0.1) is 0 Å². The van der Waals surface area contributed by atoms with Crippen LogP contribution in [0.4, 0.5) is 17.1 Å². The standard InChI is InChI=1S/C54H38N4/c1-4-18-42(19-5-1)53-55-56-54(58(53)45-23-8-3-9-24-45)43-33-31-40(32-34-43)47-25-12-14-28-50(47)51-29-15-13-26-48(51)41-35-37-46(38-36-41)57(44-21-6-2-7-22-44)52-30-16-20-39-17-10-11-27-49(39)52/h1-38H. The first-order valence-electron chi connectivity index (χ1n) is 19.6. The minimum atomic E-state index is 0.796. The maximum atomic E-state index is 4.73. The van der Waals surface area contributed by atoms with Crippen LogP contribution >= 0.6 is 0 Å². The van der Waals surface area contributed by atoms with Gasteiger partial charge in [-0.2, -0.15) is 0 Å². The number of rotatable bonds is 9. The summed E-state index contributed by atoms with van der Waals surface area (Å²) in [7, 11) is 0. The van der Waals surface area contributed by atoms with Gasteiger partial charge in [-0.25, -0.2) is 0 Å². The van der Waals surface area contributed by atoms with Crippen LogP contribution in [0.2, 0.25) is 0 Å². The molecule has 10 aromatic rings. The third kappa shape index (κ3) is 6.53. The normalized spacial score (nSPS) is 11.1. The molecule has 0 spiro atoms. The molecule has 0 saturated carbocycles. The second kappa shape index (κ2) is 15.4. The topological polar surface area (TPSA) is 34.0 Å². The second-order valence-corrected chi connectivity index (χ2v) is 14.3. The summed E-state index contributed by atoms with van der Waals surface area (Å²) >= 11 is 0. The Balaban J connectivity index is 1.01. The van der Waals surface area contributed by atoms with Crippen molar-refractivity contribution in [2.45, 2.75) is 0 Å². The molecule has 0 fully saturated rings. The van der Waals surface area contributed by atoms with Gasteiger partial charge < -0.3 is 4.90 Å². The van der Waals surface area contributed by atoms with E-state index in [2.05, 4.69) is 209 Å². The second-order valence-electron chi connectivity index (χ2n) is 14.3. The largest absolute Gasteiger partial charge is 0.310 e. The van der Waals surface area contributed by atoms with Crippen molar-refractivity contribution in [2.24, 2.45) is 0 Å². The van der Waals surface area contributed by atoms with Gasteiger partial charge in [-0.05, 0) is 81.2 Å². The molecular weight excluding hydrogens is 705 g/mol. The molecule has 0 aliphatic carbocycles. The summed E-state index contributed by atoms with van der Waals surface area (Å²) in [4.78, 5) is 2.35. The van der Waals surface area contributed by atoms with Crippen LogP contribution in [0.25, 0.3) is 72.6 Å². The van der Waals surface area contributed by atoms with Crippen molar-refractivity contribution in [2.75, 3.05) is 4.90 Å². The highest BCUT2D eigenvalue weighted by atomic mass is 15.3. The van der Waals surface area contributed by atoms with E-state index in [4.69, 9.17) is 5.10 Å². The van der Waals surface area contributed by atoms with Gasteiger partial charge in [-0.15, -0.1) is 10.2 Å². The summed E-state index contributed by atoms with van der Waals surface area (Å²) in [5, 5.41) is 11.8. The number of hydrogen-bond acceptors (Lipinski definition) is 3. The van der Waals surface area contributed by atoms with Gasteiger partial charge in [-0.1, -0.05) is 188 Å². The molecule has 58 heavy (non-hydrogen) atoms. The maximum Gasteiger partial charge on any atom is 0.168 e. The van der Waals surface area contributed by atoms with E-state index in [0.29, 0.717) is 0 Å². The van der Waals surface area contributed by atoms with E-state index in [0.717, 1.165) is 56.7 Å². The molecule has 4 heteroatoms. The average Bonchev–Trinajstić information content (AvgIpc) is 3.76. The Morgan fingerprint density at radius 3 is 1.36 bits per heavy atom. The summed E-state index contributed by atoms with van der Waals surface area (Å²) in [6, 6.07) is 81.4. The van der Waals surface area contributed by atoms with E-state index in [9.17, 15) is 0 Å². The van der Waals surface area contributed by atoms with E-state index in [1.807, 2.05) is 36.4 Å². The predicted molar refractivity (Wildman–Crippen MR) is 241 cm³/mol. The number of fused-ring (bicyclic) bond motifs is 1. The highest BCUT2D eigenvalue weighted by Gasteiger charge is 2.19. The lowest BCUT2D eigenvalue weighted by atomic mass is 9.89. The Labute approximate surface area is 338 Å². The van der Waals surface area contributed by atoms with Crippen molar-refractivity contribution < 1.29 is 0 Å². The Morgan fingerprint density at radius 1 is 0.310 bits per heavy atom. The molecule has 1 heterocycles. The summed E-state index contributed by atoms with van der Waals surface area (Å²) in [5.41, 5.74) is 13.4. The van der Waals surface area contributed by atoms with Crippen LogP contribution < -0.4 is 4.90 Å². The third-order valence-electron chi connectivity index (χ3n) is 10.8. The predicted octanol–water partition coefficient (Wildman–Crippen LogP) is 14.2. The van der Waals surface area contributed by atoms with Crippen molar-refractivity contribution in [1.29, 1.82) is 0 Å². The van der Waals surface area contributed by atoms with Gasteiger partial charge in [0.2, 0.25) is 0 Å². The lowest BCUT2D eigenvalue weighted by Crippen LogP contribution is -2.10. The van der Waals surface area contributed by atoms with Gasteiger partial charge in [0.1, 0.15) is 0 Å². The number of aromatic nitrogens is 3. The lowest BCUT2D eigenvalue weighted by Gasteiger charge is -2.27. The SMILES string of the molecule is c1ccc(-c2nnc(-c3ccc(-c4ccccc4-c4ccccc4-c4ccc(N(c5ccccc5)c5cccc6ccccc56)cc4)cc3)n2-c2ccccc2)cc1. The minimum absolute atomic E-state index is 0.796. The average molecular weight is 743 g/mol. The highest BCUT2D eigenvalue weighted by molar-refractivity contribution is 5.99. The summed E-state index contributed by atoms with van der Waals surface area (Å²) in [5.74, 6) is 1.60. The number of para-hydroxylation sites is 2. The summed E-state index contributed by atoms with van der Waals surface area (Å²) in [6.45, 7) is 0. The molecule has 0 aliphatic heterocycles. The first-order chi connectivity index (χ1) is 28.8. The van der Waals surface area contributed by atoms with Crippen molar-refractivity contribution in [3.8, 4) is 61.8 Å². The Bertz CT molecular complexity index is 2970. The molecule has 10 rings (SSSR count). The molecule has 0 unspecified atom stereocenters. The van der Waals surface area contributed by atoms with Crippen molar-refractivity contribution in [1.82, 2.24) is 14.8 Å². The van der Waals surface area contributed by atoms with Gasteiger partial charge in [0.05, 0.1) is 5.69 Å². The van der Waals surface area contributed by atoms with Crippen LogP contribution in [0.15, 0.2) is 231 Å². The van der Waals surface area contributed by atoms with Gasteiger partial charge in [0.25, 0.3) is 0 Å². The number of anilines is 3. The van der Waals surface area contributed by atoms with Gasteiger partial charge in [-0.3, -0.25) is 4.57 Å². The van der Waals surface area contributed by atoms with E-state index >= 15 is 0 Å². The summed E-state index contributed by atoms with van der Waals surface area (Å²) < 4.78 is 2.14. The third-order valence-corrected chi connectivity index (χ3v) is 10.8. The quantitative estimate of drug-likeness (QED) is 0.148. The fourth-order valence-corrected chi connectivity index (χ4v) is 8.00. The van der Waals surface area contributed by atoms with Gasteiger partial charge >= 0.3 is 0 Å². The fraction of sp³-hybridized carbons (Fsp3) is 0. The molecule has 0 bridgehead atoms. The maximum absolute atomic E-state index is 4.73. The van der Waals surface area contributed by atoms with Gasteiger partial charge in [0.15, 0.2) is 11.6 Å². The van der Waals surface area contributed by atoms with Crippen LogP contribution in [0.1, 0.15) is 0 Å². The number of nitrogens with zero attached hydrogens (tertiary/aromatic N) is 4. The monoisotopic (exact) mass is 742 g/mol. The van der Waals surface area contributed by atoms with Crippen LogP contribution in [-0.2, 0) is 0 Å². The molecule has 0 saturated heterocycles. The molecular formula is C54H38N4. The Kier molecular flexibility index (Phi) is 9.18. The van der Waals surface area contributed by atoms with E-state index < -0.39 is 0 Å². The molecule has 274 valence electrons. The van der Waals surface area contributed by atoms with Crippen molar-refractivity contribution in [3.05, 3.63) is 231 Å².